The average Bonchev–Trinajstić information content (AvgIpc) is 2.64. The number of rotatable bonds is 6. The van der Waals surface area contributed by atoms with Crippen molar-refractivity contribution in [3.05, 3.63) is 29.8 Å². The largest absolute Gasteiger partial charge is 0.492 e. The lowest BCUT2D eigenvalue weighted by Gasteiger charge is -2.22. The van der Waals surface area contributed by atoms with E-state index < -0.39 is 0 Å². The summed E-state index contributed by atoms with van der Waals surface area (Å²) in [6.07, 6.45) is 2.40. The smallest absolute Gasteiger partial charge is 0.123 e. The molecule has 0 bridgehead atoms. The number of para-hydroxylation sites is 1. The molecule has 0 saturated heterocycles. The van der Waals surface area contributed by atoms with Crippen LogP contribution >= 0.6 is 0 Å². The van der Waals surface area contributed by atoms with Gasteiger partial charge in [-0.3, -0.25) is 4.90 Å². The minimum atomic E-state index is 0.597. The van der Waals surface area contributed by atoms with Gasteiger partial charge in [0.1, 0.15) is 12.4 Å². The molecule has 1 aromatic rings. The standard InChI is InChI=1S/C16H26N2O/c1-3-9-17-14(2)8-10-18-11-12-19-16-7-5-4-6-15(16)13-18/h4-7,14,17H,3,8-13H2,1-2H3. The van der Waals surface area contributed by atoms with Crippen molar-refractivity contribution in [3.63, 3.8) is 0 Å². The second-order valence-corrected chi connectivity index (χ2v) is 5.38. The number of fused-ring (bicyclic) bond motifs is 1. The lowest BCUT2D eigenvalue weighted by Crippen LogP contribution is -2.33. The highest BCUT2D eigenvalue weighted by Crippen LogP contribution is 2.22. The predicted octanol–water partition coefficient (Wildman–Crippen LogP) is 2.66. The summed E-state index contributed by atoms with van der Waals surface area (Å²) in [7, 11) is 0. The van der Waals surface area contributed by atoms with Crippen LogP contribution in [0.4, 0.5) is 0 Å². The van der Waals surface area contributed by atoms with Gasteiger partial charge in [0.25, 0.3) is 0 Å². The second-order valence-electron chi connectivity index (χ2n) is 5.38. The van der Waals surface area contributed by atoms with Crippen molar-refractivity contribution in [2.75, 3.05) is 26.2 Å². The molecule has 0 aliphatic carbocycles. The zero-order valence-electron chi connectivity index (χ0n) is 12.2. The molecule has 1 unspecified atom stereocenters. The number of nitrogens with zero attached hydrogens (tertiary/aromatic N) is 1. The molecule has 106 valence electrons. The van der Waals surface area contributed by atoms with Crippen molar-refractivity contribution in [2.45, 2.75) is 39.3 Å². The molecule has 1 aliphatic rings. The molecule has 2 rings (SSSR count). The molecule has 1 N–H and O–H groups in total. The third-order valence-electron chi connectivity index (χ3n) is 3.65. The van der Waals surface area contributed by atoms with Crippen LogP contribution in [0.25, 0.3) is 0 Å². The fourth-order valence-corrected chi connectivity index (χ4v) is 2.44. The number of hydrogen-bond acceptors (Lipinski definition) is 3. The molecule has 1 aliphatic heterocycles. The lowest BCUT2D eigenvalue weighted by molar-refractivity contribution is 0.218. The normalized spacial score (nSPS) is 17.4. The SMILES string of the molecule is CCCNC(C)CCN1CCOc2ccccc2C1. The molecular formula is C16H26N2O. The summed E-state index contributed by atoms with van der Waals surface area (Å²) in [4.78, 5) is 2.50. The second kappa shape index (κ2) is 7.51. The van der Waals surface area contributed by atoms with Crippen LogP contribution < -0.4 is 10.1 Å². The first-order valence-electron chi connectivity index (χ1n) is 7.46. The van der Waals surface area contributed by atoms with Gasteiger partial charge in [-0.15, -0.1) is 0 Å². The highest BCUT2D eigenvalue weighted by Gasteiger charge is 2.15. The highest BCUT2D eigenvalue weighted by atomic mass is 16.5. The van der Waals surface area contributed by atoms with Crippen LogP contribution in [0.5, 0.6) is 5.75 Å². The molecule has 0 fully saturated rings. The van der Waals surface area contributed by atoms with Crippen LogP contribution in [0.1, 0.15) is 32.3 Å². The fraction of sp³-hybridized carbons (Fsp3) is 0.625. The Bertz CT molecular complexity index is 381. The first-order valence-corrected chi connectivity index (χ1v) is 7.46. The van der Waals surface area contributed by atoms with Crippen LogP contribution in [0.3, 0.4) is 0 Å². The summed E-state index contributed by atoms with van der Waals surface area (Å²) in [6.45, 7) is 9.57. The minimum Gasteiger partial charge on any atom is -0.492 e. The van der Waals surface area contributed by atoms with Crippen LogP contribution in [-0.4, -0.2) is 37.2 Å². The molecule has 1 heterocycles. The van der Waals surface area contributed by atoms with E-state index in [1.807, 2.05) is 6.07 Å². The Hall–Kier alpha value is -1.06. The van der Waals surface area contributed by atoms with E-state index in [9.17, 15) is 0 Å². The third kappa shape index (κ3) is 4.51. The van der Waals surface area contributed by atoms with Crippen LogP contribution in [0, 0.1) is 0 Å². The molecule has 19 heavy (non-hydrogen) atoms. The van der Waals surface area contributed by atoms with Gasteiger partial charge in [-0.2, -0.15) is 0 Å². The maximum atomic E-state index is 5.79. The zero-order valence-corrected chi connectivity index (χ0v) is 12.2. The predicted molar refractivity (Wildman–Crippen MR) is 79.6 cm³/mol. The van der Waals surface area contributed by atoms with Crippen molar-refractivity contribution >= 4 is 0 Å². The quantitative estimate of drug-likeness (QED) is 0.853. The third-order valence-corrected chi connectivity index (χ3v) is 3.65. The van der Waals surface area contributed by atoms with Gasteiger partial charge in [0.05, 0.1) is 0 Å². The van der Waals surface area contributed by atoms with Gasteiger partial charge in [0, 0.05) is 31.2 Å². The molecule has 0 saturated carbocycles. The van der Waals surface area contributed by atoms with E-state index in [0.29, 0.717) is 6.04 Å². The summed E-state index contributed by atoms with van der Waals surface area (Å²) >= 11 is 0. The van der Waals surface area contributed by atoms with E-state index in [0.717, 1.165) is 38.5 Å². The Morgan fingerprint density at radius 1 is 1.37 bits per heavy atom. The molecule has 0 aromatic heterocycles. The molecule has 3 heteroatoms. The van der Waals surface area contributed by atoms with E-state index in [1.165, 1.54) is 18.4 Å². The average molecular weight is 262 g/mol. The molecule has 1 aromatic carbocycles. The first kappa shape index (κ1) is 14.4. The molecule has 3 nitrogen and oxygen atoms in total. The van der Waals surface area contributed by atoms with Crippen molar-refractivity contribution in [2.24, 2.45) is 0 Å². The van der Waals surface area contributed by atoms with Gasteiger partial charge in [-0.05, 0) is 32.4 Å². The van der Waals surface area contributed by atoms with Crippen molar-refractivity contribution in [1.29, 1.82) is 0 Å². The van der Waals surface area contributed by atoms with Gasteiger partial charge in [-0.25, -0.2) is 0 Å². The van der Waals surface area contributed by atoms with E-state index >= 15 is 0 Å². The fourth-order valence-electron chi connectivity index (χ4n) is 2.44. The number of hydrogen-bond donors (Lipinski definition) is 1. The summed E-state index contributed by atoms with van der Waals surface area (Å²) in [6, 6.07) is 8.98. The zero-order chi connectivity index (χ0) is 13.5. The van der Waals surface area contributed by atoms with Crippen LogP contribution in [-0.2, 0) is 6.54 Å². The van der Waals surface area contributed by atoms with E-state index in [-0.39, 0.29) is 0 Å². The van der Waals surface area contributed by atoms with Gasteiger partial charge >= 0.3 is 0 Å². The van der Waals surface area contributed by atoms with E-state index in [1.54, 1.807) is 0 Å². The van der Waals surface area contributed by atoms with Crippen molar-refractivity contribution in [3.8, 4) is 5.75 Å². The Labute approximate surface area is 116 Å². The van der Waals surface area contributed by atoms with E-state index in [4.69, 9.17) is 4.74 Å². The molecule has 0 amide bonds. The monoisotopic (exact) mass is 262 g/mol. The van der Waals surface area contributed by atoms with Gasteiger partial charge < -0.3 is 10.1 Å². The van der Waals surface area contributed by atoms with Crippen molar-refractivity contribution in [1.82, 2.24) is 10.2 Å². The Morgan fingerprint density at radius 2 is 2.21 bits per heavy atom. The molecule has 0 radical (unpaired) electrons. The molecule has 0 spiro atoms. The molecule has 1 atom stereocenters. The van der Waals surface area contributed by atoms with Gasteiger partial charge in [0.15, 0.2) is 0 Å². The minimum absolute atomic E-state index is 0.597. The van der Waals surface area contributed by atoms with Crippen molar-refractivity contribution < 1.29 is 4.74 Å². The summed E-state index contributed by atoms with van der Waals surface area (Å²) < 4.78 is 5.79. The topological polar surface area (TPSA) is 24.5 Å². The van der Waals surface area contributed by atoms with Gasteiger partial charge in [0.2, 0.25) is 0 Å². The summed E-state index contributed by atoms with van der Waals surface area (Å²) in [5.41, 5.74) is 1.31. The number of nitrogens with one attached hydrogen (secondary N) is 1. The lowest BCUT2D eigenvalue weighted by atomic mass is 10.1. The Morgan fingerprint density at radius 3 is 3.05 bits per heavy atom. The first-order chi connectivity index (χ1) is 9.29. The Kier molecular flexibility index (Phi) is 5.67. The van der Waals surface area contributed by atoms with Crippen LogP contribution in [0.2, 0.25) is 0 Å². The number of ether oxygens (including phenoxy) is 1. The summed E-state index contributed by atoms with van der Waals surface area (Å²) in [5.74, 6) is 1.06. The number of benzene rings is 1. The maximum absolute atomic E-state index is 5.79. The van der Waals surface area contributed by atoms with Crippen LogP contribution in [0.15, 0.2) is 24.3 Å². The van der Waals surface area contributed by atoms with E-state index in [2.05, 4.69) is 42.3 Å². The Balaban J connectivity index is 1.82. The maximum Gasteiger partial charge on any atom is 0.123 e. The highest BCUT2D eigenvalue weighted by molar-refractivity contribution is 5.33. The molecular weight excluding hydrogens is 236 g/mol. The summed E-state index contributed by atoms with van der Waals surface area (Å²) in [5, 5.41) is 3.55. The van der Waals surface area contributed by atoms with Gasteiger partial charge in [-0.1, -0.05) is 25.1 Å².